The first-order valence-corrected chi connectivity index (χ1v) is 8.86. The van der Waals surface area contributed by atoms with Crippen LogP contribution in [0.4, 0.5) is 0 Å². The summed E-state index contributed by atoms with van der Waals surface area (Å²) in [6.45, 7) is 3.12. The van der Waals surface area contributed by atoms with E-state index in [1.54, 1.807) is 12.5 Å². The van der Waals surface area contributed by atoms with Crippen molar-refractivity contribution < 1.29 is 13.9 Å². The Morgan fingerprint density at radius 1 is 1.32 bits per heavy atom. The van der Waals surface area contributed by atoms with Crippen LogP contribution >= 0.6 is 0 Å². The van der Waals surface area contributed by atoms with E-state index < -0.39 is 0 Å². The monoisotopic (exact) mass is 341 g/mol. The fourth-order valence-electron chi connectivity index (χ4n) is 3.72. The third-order valence-electron chi connectivity index (χ3n) is 5.06. The van der Waals surface area contributed by atoms with Gasteiger partial charge in [0, 0.05) is 12.7 Å². The molecule has 2 saturated heterocycles. The number of fused-ring (bicyclic) bond motifs is 1. The van der Waals surface area contributed by atoms with E-state index in [1.165, 1.54) is 0 Å². The van der Waals surface area contributed by atoms with Crippen LogP contribution in [-0.4, -0.2) is 41.1 Å². The Labute approximate surface area is 147 Å². The molecule has 0 radical (unpaired) electrons. The van der Waals surface area contributed by atoms with Crippen molar-refractivity contribution in [1.82, 2.24) is 15.2 Å². The number of hydrogen-bond donors (Lipinski definition) is 1. The Kier molecular flexibility index (Phi) is 4.81. The molecule has 2 aromatic rings. The van der Waals surface area contributed by atoms with Crippen molar-refractivity contribution in [1.29, 1.82) is 0 Å². The van der Waals surface area contributed by atoms with Gasteiger partial charge in [0.15, 0.2) is 0 Å². The van der Waals surface area contributed by atoms with Crippen LogP contribution < -0.4 is 5.32 Å². The lowest BCUT2D eigenvalue weighted by Crippen LogP contribution is -2.42. The molecule has 3 atom stereocenters. The Morgan fingerprint density at radius 3 is 3.08 bits per heavy atom. The first-order chi connectivity index (χ1) is 12.3. The minimum Gasteiger partial charge on any atom is -0.468 e. The molecule has 1 N–H and O–H groups in total. The summed E-state index contributed by atoms with van der Waals surface area (Å²) in [5.41, 5.74) is 0.857. The molecule has 0 spiro atoms. The van der Waals surface area contributed by atoms with E-state index in [0.29, 0.717) is 12.5 Å². The summed E-state index contributed by atoms with van der Waals surface area (Å²) in [4.78, 5) is 19.0. The number of pyridine rings is 1. The summed E-state index contributed by atoms with van der Waals surface area (Å²) in [6, 6.07) is 9.60. The van der Waals surface area contributed by atoms with Crippen LogP contribution in [0.3, 0.4) is 0 Å². The van der Waals surface area contributed by atoms with Gasteiger partial charge in [0.05, 0.1) is 31.2 Å². The number of piperidine rings is 1. The molecule has 4 rings (SSSR count). The van der Waals surface area contributed by atoms with Gasteiger partial charge in [0.25, 0.3) is 0 Å². The molecule has 6 nitrogen and oxygen atoms in total. The summed E-state index contributed by atoms with van der Waals surface area (Å²) in [5, 5.41) is 2.94. The number of nitrogens with one attached hydrogen (secondary N) is 1. The van der Waals surface area contributed by atoms with Gasteiger partial charge in [-0.25, -0.2) is 0 Å². The zero-order chi connectivity index (χ0) is 17.1. The number of furan rings is 1. The van der Waals surface area contributed by atoms with Gasteiger partial charge in [-0.15, -0.1) is 0 Å². The minimum absolute atomic E-state index is 0.0300. The van der Waals surface area contributed by atoms with Crippen molar-refractivity contribution in [2.75, 3.05) is 13.1 Å². The highest BCUT2D eigenvalue weighted by molar-refractivity contribution is 5.81. The van der Waals surface area contributed by atoms with E-state index in [4.69, 9.17) is 9.15 Å². The highest BCUT2D eigenvalue weighted by Crippen LogP contribution is 2.33. The quantitative estimate of drug-likeness (QED) is 0.901. The zero-order valence-electron chi connectivity index (χ0n) is 14.1. The van der Waals surface area contributed by atoms with Crippen molar-refractivity contribution >= 4 is 5.91 Å². The van der Waals surface area contributed by atoms with Gasteiger partial charge in [0.2, 0.25) is 5.91 Å². The topological polar surface area (TPSA) is 67.6 Å². The lowest BCUT2D eigenvalue weighted by molar-refractivity contribution is -0.133. The minimum atomic E-state index is -0.345. The van der Waals surface area contributed by atoms with Crippen LogP contribution in [0.2, 0.25) is 0 Å². The number of ether oxygens (including phenoxy) is 1. The normalized spacial score (nSPS) is 26.3. The zero-order valence-corrected chi connectivity index (χ0v) is 14.1. The van der Waals surface area contributed by atoms with Crippen LogP contribution in [0.5, 0.6) is 0 Å². The van der Waals surface area contributed by atoms with Crippen molar-refractivity contribution in [2.24, 2.45) is 5.92 Å². The second kappa shape index (κ2) is 7.37. The van der Waals surface area contributed by atoms with Crippen LogP contribution in [0.1, 0.15) is 24.3 Å². The number of rotatable bonds is 5. The molecule has 0 aliphatic carbocycles. The predicted molar refractivity (Wildman–Crippen MR) is 91.5 cm³/mol. The summed E-state index contributed by atoms with van der Waals surface area (Å²) in [7, 11) is 0. The van der Waals surface area contributed by atoms with Gasteiger partial charge < -0.3 is 14.5 Å². The fourth-order valence-corrected chi connectivity index (χ4v) is 3.72. The number of hydrogen-bond acceptors (Lipinski definition) is 5. The first kappa shape index (κ1) is 16.3. The summed E-state index contributed by atoms with van der Waals surface area (Å²) in [6.07, 6.45) is 5.10. The van der Waals surface area contributed by atoms with Crippen LogP contribution in [0.25, 0.3) is 0 Å². The maximum absolute atomic E-state index is 12.4. The number of carbonyl (C=O) groups excluding carboxylic acids is 1. The fraction of sp³-hybridized carbons (Fsp3) is 0.474. The summed E-state index contributed by atoms with van der Waals surface area (Å²) in [5.74, 6) is 1.41. The molecule has 6 heteroatoms. The number of nitrogens with zero attached hydrogens (tertiary/aromatic N) is 2. The molecule has 0 bridgehead atoms. The van der Waals surface area contributed by atoms with Gasteiger partial charge in [0.1, 0.15) is 11.9 Å². The molecule has 1 amide bonds. The van der Waals surface area contributed by atoms with E-state index in [0.717, 1.165) is 43.9 Å². The van der Waals surface area contributed by atoms with Crippen LogP contribution in [0.15, 0.2) is 47.2 Å². The van der Waals surface area contributed by atoms with Crippen molar-refractivity contribution in [3.05, 3.63) is 54.2 Å². The van der Waals surface area contributed by atoms with Crippen LogP contribution in [-0.2, 0) is 22.6 Å². The number of carbonyl (C=O) groups is 1. The maximum atomic E-state index is 12.4. The molecule has 2 fully saturated rings. The Balaban J connectivity index is 1.28. The average molecular weight is 341 g/mol. The second-order valence-electron chi connectivity index (χ2n) is 6.80. The molecular weight excluding hydrogens is 318 g/mol. The molecule has 0 unspecified atom stereocenters. The molecule has 0 aromatic carbocycles. The second-order valence-corrected chi connectivity index (χ2v) is 6.80. The van der Waals surface area contributed by atoms with E-state index in [2.05, 4.69) is 15.2 Å². The molecule has 25 heavy (non-hydrogen) atoms. The third-order valence-corrected chi connectivity index (χ3v) is 5.06. The SMILES string of the molecule is O=C(NCc1ccccn1)[C@@H]1C[C@H]2CCN(Cc3ccco3)C[C@@H]2O1. The summed E-state index contributed by atoms with van der Waals surface area (Å²) >= 11 is 0. The Hall–Kier alpha value is -2.18. The molecule has 132 valence electrons. The first-order valence-electron chi connectivity index (χ1n) is 8.86. The van der Waals surface area contributed by atoms with Crippen molar-refractivity contribution in [2.45, 2.75) is 38.1 Å². The van der Waals surface area contributed by atoms with E-state index in [-0.39, 0.29) is 18.1 Å². The predicted octanol–water partition coefficient (Wildman–Crippen LogP) is 1.97. The van der Waals surface area contributed by atoms with E-state index in [9.17, 15) is 4.79 Å². The number of aromatic nitrogens is 1. The van der Waals surface area contributed by atoms with E-state index in [1.807, 2.05) is 30.3 Å². The van der Waals surface area contributed by atoms with E-state index >= 15 is 0 Å². The molecule has 2 aliphatic rings. The van der Waals surface area contributed by atoms with Gasteiger partial charge in [-0.3, -0.25) is 14.7 Å². The highest BCUT2D eigenvalue weighted by atomic mass is 16.5. The molecular formula is C19H23N3O3. The standard InChI is InChI=1S/C19H23N3O3/c23-19(21-11-15-4-1-2-7-20-15)17-10-14-6-8-22(13-18(14)25-17)12-16-5-3-9-24-16/h1-5,7,9,14,17-18H,6,8,10-13H2,(H,21,23)/t14-,17+,18+/m1/s1. The number of amides is 1. The Morgan fingerprint density at radius 2 is 2.28 bits per heavy atom. The Bertz CT molecular complexity index is 689. The smallest absolute Gasteiger partial charge is 0.249 e. The summed E-state index contributed by atoms with van der Waals surface area (Å²) < 4.78 is 11.5. The molecule has 2 aromatic heterocycles. The highest BCUT2D eigenvalue weighted by Gasteiger charge is 2.41. The largest absolute Gasteiger partial charge is 0.468 e. The lowest BCUT2D eigenvalue weighted by atomic mass is 9.91. The van der Waals surface area contributed by atoms with Gasteiger partial charge in [-0.05, 0) is 49.6 Å². The van der Waals surface area contributed by atoms with Crippen LogP contribution in [0, 0.1) is 5.92 Å². The molecule has 4 heterocycles. The third kappa shape index (κ3) is 3.91. The van der Waals surface area contributed by atoms with Crippen molar-refractivity contribution in [3.8, 4) is 0 Å². The molecule has 0 saturated carbocycles. The van der Waals surface area contributed by atoms with Gasteiger partial charge in [-0.2, -0.15) is 0 Å². The lowest BCUT2D eigenvalue weighted by Gasteiger charge is -2.33. The van der Waals surface area contributed by atoms with Gasteiger partial charge >= 0.3 is 0 Å². The van der Waals surface area contributed by atoms with Gasteiger partial charge in [-0.1, -0.05) is 6.07 Å². The number of likely N-dealkylation sites (tertiary alicyclic amines) is 1. The molecule has 2 aliphatic heterocycles. The average Bonchev–Trinajstić information content (AvgIpc) is 3.30. The van der Waals surface area contributed by atoms with Crippen molar-refractivity contribution in [3.63, 3.8) is 0 Å². The maximum Gasteiger partial charge on any atom is 0.249 e.